The number of rotatable bonds is 4. The summed E-state index contributed by atoms with van der Waals surface area (Å²) in [6.07, 6.45) is 0.172. The first-order valence-corrected chi connectivity index (χ1v) is 4.47. The zero-order chi connectivity index (χ0) is 10.6. The van der Waals surface area contributed by atoms with Gasteiger partial charge in [-0.3, -0.25) is 4.79 Å². The molecule has 0 spiro atoms. The molecule has 76 valence electrons. The predicted octanol–water partition coefficient (Wildman–Crippen LogP) is 1.57. The van der Waals surface area contributed by atoms with E-state index < -0.39 is 0 Å². The van der Waals surface area contributed by atoms with Gasteiger partial charge in [-0.15, -0.1) is 0 Å². The van der Waals surface area contributed by atoms with Gasteiger partial charge in [0.05, 0.1) is 13.7 Å². The Labute approximate surface area is 83.3 Å². The fraction of sp³-hybridized carbons (Fsp3) is 0.364. The third kappa shape index (κ3) is 2.33. The van der Waals surface area contributed by atoms with Crippen molar-refractivity contribution in [2.24, 2.45) is 0 Å². The molecule has 1 aromatic rings. The largest absolute Gasteiger partial charge is 0.496 e. The monoisotopic (exact) mass is 194 g/mol. The lowest BCUT2D eigenvalue weighted by atomic mass is 10.1. The standard InChI is InChI=1S/C11H14O3/c1-8-7-9(10(13)5-6-12)3-4-11(8)14-2/h3-4,7,12H,5-6H2,1-2H3. The van der Waals surface area contributed by atoms with E-state index in [2.05, 4.69) is 0 Å². The maximum atomic E-state index is 11.4. The fourth-order valence-corrected chi connectivity index (χ4v) is 1.30. The van der Waals surface area contributed by atoms with Gasteiger partial charge in [0.2, 0.25) is 0 Å². The minimum Gasteiger partial charge on any atom is -0.496 e. The summed E-state index contributed by atoms with van der Waals surface area (Å²) >= 11 is 0. The molecule has 0 bridgehead atoms. The SMILES string of the molecule is COc1ccc(C(=O)CCO)cc1C. The van der Waals surface area contributed by atoms with E-state index in [0.717, 1.165) is 11.3 Å². The van der Waals surface area contributed by atoms with Crippen LogP contribution >= 0.6 is 0 Å². The average Bonchev–Trinajstić information content (AvgIpc) is 2.18. The number of carbonyl (C=O) groups excluding carboxylic acids is 1. The van der Waals surface area contributed by atoms with Crippen LogP contribution in [0, 0.1) is 6.92 Å². The first kappa shape index (κ1) is 10.7. The van der Waals surface area contributed by atoms with Crippen molar-refractivity contribution in [3.63, 3.8) is 0 Å². The van der Waals surface area contributed by atoms with Crippen LogP contribution < -0.4 is 4.74 Å². The van der Waals surface area contributed by atoms with Crippen LogP contribution in [-0.2, 0) is 0 Å². The number of ketones is 1. The van der Waals surface area contributed by atoms with Crippen LogP contribution in [0.3, 0.4) is 0 Å². The van der Waals surface area contributed by atoms with Crippen LogP contribution in [0.2, 0.25) is 0 Å². The van der Waals surface area contributed by atoms with E-state index >= 15 is 0 Å². The van der Waals surface area contributed by atoms with Crippen LogP contribution in [0.5, 0.6) is 5.75 Å². The van der Waals surface area contributed by atoms with E-state index in [1.807, 2.05) is 6.92 Å². The molecule has 0 unspecified atom stereocenters. The van der Waals surface area contributed by atoms with Crippen molar-refractivity contribution < 1.29 is 14.6 Å². The molecule has 3 heteroatoms. The van der Waals surface area contributed by atoms with Gasteiger partial charge in [0, 0.05) is 12.0 Å². The normalized spacial score (nSPS) is 9.93. The number of benzene rings is 1. The molecule has 0 aromatic heterocycles. The van der Waals surface area contributed by atoms with Crippen LogP contribution in [0.25, 0.3) is 0 Å². The van der Waals surface area contributed by atoms with Crippen molar-refractivity contribution >= 4 is 5.78 Å². The summed E-state index contributed by atoms with van der Waals surface area (Å²) in [5.74, 6) is 0.726. The summed E-state index contributed by atoms with van der Waals surface area (Å²) in [6.45, 7) is 1.78. The molecular weight excluding hydrogens is 180 g/mol. The highest BCUT2D eigenvalue weighted by Gasteiger charge is 2.06. The number of carbonyl (C=O) groups is 1. The zero-order valence-corrected chi connectivity index (χ0v) is 8.41. The molecule has 0 fully saturated rings. The number of aliphatic hydroxyl groups is 1. The van der Waals surface area contributed by atoms with Gasteiger partial charge in [-0.05, 0) is 30.7 Å². The summed E-state index contributed by atoms with van der Waals surface area (Å²) in [5.41, 5.74) is 1.55. The highest BCUT2D eigenvalue weighted by Crippen LogP contribution is 2.19. The lowest BCUT2D eigenvalue weighted by Gasteiger charge is -2.05. The molecule has 0 amide bonds. The molecule has 0 radical (unpaired) electrons. The second-order valence-corrected chi connectivity index (χ2v) is 3.08. The van der Waals surface area contributed by atoms with Crippen molar-refractivity contribution in [3.05, 3.63) is 29.3 Å². The number of aryl methyl sites for hydroxylation is 1. The van der Waals surface area contributed by atoms with E-state index in [1.54, 1.807) is 25.3 Å². The Morgan fingerprint density at radius 2 is 2.21 bits per heavy atom. The summed E-state index contributed by atoms with van der Waals surface area (Å²) in [6, 6.07) is 5.25. The molecule has 0 heterocycles. The maximum Gasteiger partial charge on any atom is 0.165 e. The predicted molar refractivity (Wildman–Crippen MR) is 53.8 cm³/mol. The van der Waals surface area contributed by atoms with Crippen molar-refractivity contribution in [2.75, 3.05) is 13.7 Å². The molecular formula is C11H14O3. The number of hydrogen-bond donors (Lipinski definition) is 1. The summed E-state index contributed by atoms with van der Waals surface area (Å²) in [5, 5.41) is 8.62. The van der Waals surface area contributed by atoms with Gasteiger partial charge in [-0.25, -0.2) is 0 Å². The first-order chi connectivity index (χ1) is 6.69. The highest BCUT2D eigenvalue weighted by molar-refractivity contribution is 5.96. The Morgan fingerprint density at radius 3 is 2.71 bits per heavy atom. The number of aliphatic hydroxyl groups excluding tert-OH is 1. The van der Waals surface area contributed by atoms with Crippen LogP contribution in [0.1, 0.15) is 22.3 Å². The van der Waals surface area contributed by atoms with Gasteiger partial charge in [0.15, 0.2) is 5.78 Å². The van der Waals surface area contributed by atoms with Crippen molar-refractivity contribution in [1.82, 2.24) is 0 Å². The molecule has 0 aliphatic heterocycles. The minimum absolute atomic E-state index is 0.0433. The molecule has 3 nitrogen and oxygen atoms in total. The average molecular weight is 194 g/mol. The van der Waals surface area contributed by atoms with Gasteiger partial charge in [-0.2, -0.15) is 0 Å². The van der Waals surface area contributed by atoms with E-state index in [-0.39, 0.29) is 18.8 Å². The van der Waals surface area contributed by atoms with E-state index in [9.17, 15) is 4.79 Å². The number of hydrogen-bond acceptors (Lipinski definition) is 3. The molecule has 1 aromatic carbocycles. The molecule has 1 rings (SSSR count). The van der Waals surface area contributed by atoms with Gasteiger partial charge >= 0.3 is 0 Å². The van der Waals surface area contributed by atoms with Crippen LogP contribution in [-0.4, -0.2) is 24.6 Å². The second-order valence-electron chi connectivity index (χ2n) is 3.08. The van der Waals surface area contributed by atoms with Crippen molar-refractivity contribution in [2.45, 2.75) is 13.3 Å². The van der Waals surface area contributed by atoms with Gasteiger partial charge in [-0.1, -0.05) is 0 Å². The minimum atomic E-state index is -0.107. The first-order valence-electron chi connectivity index (χ1n) is 4.47. The molecule has 0 saturated heterocycles. The van der Waals surface area contributed by atoms with Gasteiger partial charge in [0.1, 0.15) is 5.75 Å². The number of methoxy groups -OCH3 is 1. The Kier molecular flexibility index (Phi) is 3.65. The van der Waals surface area contributed by atoms with Crippen LogP contribution in [0.15, 0.2) is 18.2 Å². The topological polar surface area (TPSA) is 46.5 Å². The summed E-state index contributed by atoms with van der Waals surface area (Å²) in [4.78, 5) is 11.4. The van der Waals surface area contributed by atoms with E-state index in [4.69, 9.17) is 9.84 Å². The molecule has 1 N–H and O–H groups in total. The zero-order valence-electron chi connectivity index (χ0n) is 8.41. The van der Waals surface area contributed by atoms with E-state index in [1.165, 1.54) is 0 Å². The summed E-state index contributed by atoms with van der Waals surface area (Å²) in [7, 11) is 1.59. The maximum absolute atomic E-state index is 11.4. The lowest BCUT2D eigenvalue weighted by Crippen LogP contribution is -2.02. The molecule has 0 saturated carbocycles. The Balaban J connectivity index is 2.91. The lowest BCUT2D eigenvalue weighted by molar-refractivity contribution is 0.0956. The Morgan fingerprint density at radius 1 is 1.50 bits per heavy atom. The quantitative estimate of drug-likeness (QED) is 0.740. The molecule has 0 aliphatic carbocycles. The molecule has 0 aliphatic rings. The van der Waals surface area contributed by atoms with Crippen molar-refractivity contribution in [1.29, 1.82) is 0 Å². The highest BCUT2D eigenvalue weighted by atomic mass is 16.5. The number of Topliss-reactive ketones (excluding diaryl/α,β-unsaturated/α-hetero) is 1. The smallest absolute Gasteiger partial charge is 0.165 e. The summed E-state index contributed by atoms with van der Waals surface area (Å²) < 4.78 is 5.08. The van der Waals surface area contributed by atoms with Crippen LogP contribution in [0.4, 0.5) is 0 Å². The Hall–Kier alpha value is -1.35. The van der Waals surface area contributed by atoms with Crippen molar-refractivity contribution in [3.8, 4) is 5.75 Å². The fourth-order valence-electron chi connectivity index (χ4n) is 1.30. The Bertz CT molecular complexity index is 331. The third-order valence-electron chi connectivity index (χ3n) is 2.06. The second kappa shape index (κ2) is 4.77. The van der Waals surface area contributed by atoms with E-state index in [0.29, 0.717) is 5.56 Å². The van der Waals surface area contributed by atoms with Gasteiger partial charge in [0.25, 0.3) is 0 Å². The van der Waals surface area contributed by atoms with Gasteiger partial charge < -0.3 is 9.84 Å². The molecule has 0 atom stereocenters. The third-order valence-corrected chi connectivity index (χ3v) is 2.06. The number of ether oxygens (including phenoxy) is 1. The molecule has 14 heavy (non-hydrogen) atoms.